The first-order valence-corrected chi connectivity index (χ1v) is 19.0. The molecular weight excluding hydrogens is 630 g/mol. The van der Waals surface area contributed by atoms with E-state index in [2.05, 4.69) is 29.2 Å². The first-order chi connectivity index (χ1) is 22.1. The Morgan fingerprint density at radius 2 is 1.46 bits per heavy atom. The lowest BCUT2D eigenvalue weighted by Gasteiger charge is -2.39. The van der Waals surface area contributed by atoms with E-state index in [4.69, 9.17) is 4.74 Å². The van der Waals surface area contributed by atoms with E-state index in [1.165, 1.54) is 17.2 Å². The fourth-order valence-electron chi connectivity index (χ4n) is 6.49. The Labute approximate surface area is 270 Å². The molecule has 0 aromatic heterocycles. The summed E-state index contributed by atoms with van der Waals surface area (Å²) >= 11 is 0. The van der Waals surface area contributed by atoms with Gasteiger partial charge in [-0.1, -0.05) is 60.7 Å². The van der Waals surface area contributed by atoms with Crippen LogP contribution in [-0.2, 0) is 20.2 Å². The molecule has 1 unspecified atom stereocenters. The van der Waals surface area contributed by atoms with Gasteiger partial charge >= 0.3 is 10.2 Å². The molecule has 1 atom stereocenters. The smallest absolute Gasteiger partial charge is 0.320 e. The van der Waals surface area contributed by atoms with Gasteiger partial charge in [-0.3, -0.25) is 9.69 Å². The minimum atomic E-state index is -4.68. The van der Waals surface area contributed by atoms with E-state index < -0.39 is 42.8 Å². The monoisotopic (exact) mass is 667 g/mol. The van der Waals surface area contributed by atoms with Gasteiger partial charge in [0.15, 0.2) is 0 Å². The molecule has 244 valence electrons. The van der Waals surface area contributed by atoms with Gasteiger partial charge in [-0.2, -0.15) is 12.7 Å². The van der Waals surface area contributed by atoms with Crippen LogP contribution in [0.4, 0.5) is 4.39 Å². The largest absolute Gasteiger partial charge is 0.489 e. The summed E-state index contributed by atoms with van der Waals surface area (Å²) in [5.41, 5.74) is 2.37. The molecule has 2 aliphatic carbocycles. The molecule has 3 aromatic rings. The fraction of sp³-hybridized carbons (Fsp3) is 0.441. The summed E-state index contributed by atoms with van der Waals surface area (Å²) in [6.07, 6.45) is 4.10. The number of hydrogen-bond donors (Lipinski definition) is 0. The lowest BCUT2D eigenvalue weighted by molar-refractivity contribution is 0.0702. The number of rotatable bonds is 11. The minimum absolute atomic E-state index is 0.0150. The van der Waals surface area contributed by atoms with Crippen LogP contribution in [0, 0.1) is 5.82 Å². The van der Waals surface area contributed by atoms with E-state index in [0.29, 0.717) is 24.3 Å². The van der Waals surface area contributed by atoms with E-state index in [-0.39, 0.29) is 47.7 Å². The standard InChI is InChI=1S/C34H38FN3O6S2/c35-31-22-32(44-27-13-7-18-36(23-27)33(25-9-3-1-4-10-25)26-11-5-2-6-12-26)29(24-14-15-24)21-30(31)34(39)38(45(40,41)28-16-17-28)46(42,43)37-19-8-20-37/h1-6,9-12,21-22,24,27-28,33H,7-8,13-20,23H2. The van der Waals surface area contributed by atoms with Crippen LogP contribution in [0.1, 0.15) is 84.0 Å². The topological polar surface area (TPSA) is 104 Å². The summed E-state index contributed by atoms with van der Waals surface area (Å²) in [6.45, 7) is 1.69. The van der Waals surface area contributed by atoms with Crippen LogP contribution in [0.2, 0.25) is 0 Å². The SMILES string of the molecule is O=C(c1cc(C2CC2)c(OC2CCCN(C(c3ccccc3)c3ccccc3)C2)cc1F)N(S(=O)(=O)C1CC1)S(=O)(=O)N1CCC1. The predicted octanol–water partition coefficient (Wildman–Crippen LogP) is 5.22. The number of ether oxygens (including phenoxy) is 1. The van der Waals surface area contributed by atoms with Crippen molar-refractivity contribution in [1.82, 2.24) is 12.9 Å². The van der Waals surface area contributed by atoms with Crippen LogP contribution in [0.15, 0.2) is 72.8 Å². The van der Waals surface area contributed by atoms with Crippen LogP contribution >= 0.6 is 0 Å². The molecule has 7 rings (SSSR count). The molecule has 2 heterocycles. The summed E-state index contributed by atoms with van der Waals surface area (Å²) in [6, 6.07) is 23.1. The van der Waals surface area contributed by atoms with Gasteiger partial charge in [0.05, 0.1) is 16.9 Å². The molecule has 12 heteroatoms. The molecule has 0 bridgehead atoms. The van der Waals surface area contributed by atoms with Crippen molar-refractivity contribution in [3.63, 3.8) is 0 Å². The second-order valence-corrected chi connectivity index (χ2v) is 16.8. The van der Waals surface area contributed by atoms with Crippen molar-refractivity contribution in [1.29, 1.82) is 0 Å². The van der Waals surface area contributed by atoms with Crippen LogP contribution in [-0.4, -0.2) is 73.2 Å². The Kier molecular flexibility index (Phi) is 8.41. The van der Waals surface area contributed by atoms with E-state index in [1.54, 1.807) is 0 Å². The summed E-state index contributed by atoms with van der Waals surface area (Å²) < 4.78 is 76.7. The number of likely N-dealkylation sites (tertiary alicyclic amines) is 1. The van der Waals surface area contributed by atoms with Gasteiger partial charge in [0, 0.05) is 25.7 Å². The Hall–Kier alpha value is -3.32. The molecule has 2 aliphatic heterocycles. The number of carbonyl (C=O) groups excluding carboxylic acids is 1. The Bertz CT molecular complexity index is 1770. The zero-order valence-corrected chi connectivity index (χ0v) is 27.1. The number of halogens is 1. The zero-order valence-electron chi connectivity index (χ0n) is 25.5. The highest BCUT2D eigenvalue weighted by atomic mass is 32.3. The molecule has 2 saturated carbocycles. The highest BCUT2D eigenvalue weighted by molar-refractivity contribution is 8.04. The molecule has 0 radical (unpaired) electrons. The van der Waals surface area contributed by atoms with Gasteiger partial charge in [-0.15, -0.1) is 3.71 Å². The highest BCUT2D eigenvalue weighted by Crippen LogP contribution is 2.46. The average molecular weight is 668 g/mol. The quantitative estimate of drug-likeness (QED) is 0.276. The van der Waals surface area contributed by atoms with E-state index >= 15 is 4.39 Å². The number of carbonyl (C=O) groups is 1. The van der Waals surface area contributed by atoms with Crippen LogP contribution < -0.4 is 4.74 Å². The van der Waals surface area contributed by atoms with E-state index in [1.807, 2.05) is 36.4 Å². The third kappa shape index (κ3) is 6.08. The molecule has 2 saturated heterocycles. The maximum atomic E-state index is 15.9. The first kappa shape index (κ1) is 31.3. The maximum Gasteiger partial charge on any atom is 0.320 e. The lowest BCUT2D eigenvalue weighted by atomic mass is 9.94. The maximum absolute atomic E-state index is 15.9. The molecule has 4 fully saturated rings. The van der Waals surface area contributed by atoms with Crippen molar-refractivity contribution in [3.05, 3.63) is 101 Å². The van der Waals surface area contributed by atoms with E-state index in [0.717, 1.165) is 42.6 Å². The predicted molar refractivity (Wildman–Crippen MR) is 172 cm³/mol. The number of sulfonamides is 1. The van der Waals surface area contributed by atoms with Crippen LogP contribution in [0.25, 0.3) is 0 Å². The average Bonchev–Trinajstić information content (AvgIpc) is 3.91. The molecular formula is C34H38FN3O6S2. The summed E-state index contributed by atoms with van der Waals surface area (Å²) in [5.74, 6) is -2.04. The molecule has 0 N–H and O–H groups in total. The zero-order chi connectivity index (χ0) is 32.1. The van der Waals surface area contributed by atoms with Gasteiger partial charge in [-0.25, -0.2) is 12.8 Å². The van der Waals surface area contributed by atoms with Crippen molar-refractivity contribution in [3.8, 4) is 5.75 Å². The van der Waals surface area contributed by atoms with Crippen molar-refractivity contribution >= 4 is 26.1 Å². The third-order valence-electron chi connectivity index (χ3n) is 9.34. The summed E-state index contributed by atoms with van der Waals surface area (Å²) in [5, 5.41) is -0.967. The summed E-state index contributed by atoms with van der Waals surface area (Å²) in [4.78, 5) is 16.2. The van der Waals surface area contributed by atoms with Gasteiger partial charge < -0.3 is 4.74 Å². The van der Waals surface area contributed by atoms with Crippen molar-refractivity contribution in [2.45, 2.75) is 68.3 Å². The van der Waals surface area contributed by atoms with Crippen molar-refractivity contribution in [2.75, 3.05) is 26.2 Å². The third-order valence-corrected chi connectivity index (χ3v) is 14.1. The van der Waals surface area contributed by atoms with Gasteiger partial charge in [0.1, 0.15) is 17.7 Å². The van der Waals surface area contributed by atoms with Gasteiger partial charge in [0.2, 0.25) is 0 Å². The normalized spacial score (nSPS) is 21.1. The minimum Gasteiger partial charge on any atom is -0.489 e. The van der Waals surface area contributed by atoms with Gasteiger partial charge in [0.25, 0.3) is 15.9 Å². The van der Waals surface area contributed by atoms with Gasteiger partial charge in [-0.05, 0) is 80.2 Å². The van der Waals surface area contributed by atoms with Crippen molar-refractivity contribution in [2.24, 2.45) is 0 Å². The molecule has 3 aromatic carbocycles. The second-order valence-electron chi connectivity index (χ2n) is 12.8. The molecule has 4 aliphatic rings. The summed E-state index contributed by atoms with van der Waals surface area (Å²) in [7, 11) is -9.21. The fourth-order valence-corrected chi connectivity index (χ4v) is 10.8. The second kappa shape index (κ2) is 12.4. The highest BCUT2D eigenvalue weighted by Gasteiger charge is 2.51. The number of amides is 1. The van der Waals surface area contributed by atoms with Crippen LogP contribution in [0.5, 0.6) is 5.75 Å². The Balaban J connectivity index is 1.17. The first-order valence-electron chi connectivity index (χ1n) is 16.1. The number of benzene rings is 3. The number of nitrogens with zero attached hydrogens (tertiary/aromatic N) is 3. The molecule has 1 amide bonds. The van der Waals surface area contributed by atoms with Crippen molar-refractivity contribution < 1.29 is 30.8 Å². The van der Waals surface area contributed by atoms with E-state index in [9.17, 15) is 21.6 Å². The molecule has 9 nitrogen and oxygen atoms in total. The number of hydrogen-bond acceptors (Lipinski definition) is 7. The van der Waals surface area contributed by atoms with Crippen LogP contribution in [0.3, 0.4) is 0 Å². The Morgan fingerprint density at radius 3 is 2.00 bits per heavy atom. The molecule has 0 spiro atoms. The lowest BCUT2D eigenvalue weighted by Crippen LogP contribution is -2.54. The number of piperidine rings is 1. The Morgan fingerprint density at radius 1 is 0.826 bits per heavy atom. The molecule has 46 heavy (non-hydrogen) atoms.